The fourth-order valence-electron chi connectivity index (χ4n) is 2.45. The lowest BCUT2D eigenvalue weighted by molar-refractivity contribution is -0.249. The van der Waals surface area contributed by atoms with Crippen molar-refractivity contribution in [2.24, 2.45) is 0 Å². The van der Waals surface area contributed by atoms with Crippen LogP contribution in [0.25, 0.3) is 0 Å². The molecule has 2 N–H and O–H groups in total. The van der Waals surface area contributed by atoms with Crippen molar-refractivity contribution in [1.82, 2.24) is 10.1 Å². The van der Waals surface area contributed by atoms with Crippen molar-refractivity contribution in [3.05, 3.63) is 0 Å². The van der Waals surface area contributed by atoms with Crippen LogP contribution in [0.15, 0.2) is 0 Å². The number of rotatable bonds is 0. The molecule has 2 fully saturated rings. The minimum atomic E-state index is -0.427. The molecule has 5 nitrogen and oxygen atoms in total. The Labute approximate surface area is 96.6 Å². The van der Waals surface area contributed by atoms with E-state index in [-0.39, 0.29) is 18.6 Å². The van der Waals surface area contributed by atoms with E-state index in [0.29, 0.717) is 0 Å². The maximum absolute atomic E-state index is 11.1. The number of hydrogen-bond acceptors (Lipinski definition) is 4. The van der Waals surface area contributed by atoms with Crippen molar-refractivity contribution in [3.63, 3.8) is 0 Å². The fraction of sp³-hybridized carbons (Fsp3) is 0.909. The van der Waals surface area contributed by atoms with Gasteiger partial charge in [0, 0.05) is 0 Å². The molecule has 1 spiro atoms. The first-order chi connectivity index (χ1) is 7.64. The van der Waals surface area contributed by atoms with Crippen molar-refractivity contribution < 1.29 is 15.2 Å². The lowest BCUT2D eigenvalue weighted by atomic mass is 9.80. The number of amides is 1. The van der Waals surface area contributed by atoms with Crippen molar-refractivity contribution in [2.75, 3.05) is 13.1 Å². The van der Waals surface area contributed by atoms with Crippen molar-refractivity contribution in [3.8, 4) is 0 Å². The number of hydrogen-bond donors (Lipinski definition) is 2. The van der Waals surface area contributed by atoms with Crippen LogP contribution >= 0.6 is 0 Å². The third-order valence-electron chi connectivity index (χ3n) is 3.35. The maximum Gasteiger partial charge on any atom is 0.262 e. The van der Waals surface area contributed by atoms with Gasteiger partial charge < -0.3 is 5.21 Å². The summed E-state index contributed by atoms with van der Waals surface area (Å²) in [6.45, 7) is 4.15. The van der Waals surface area contributed by atoms with Crippen LogP contribution in [0.1, 0.15) is 46.0 Å². The van der Waals surface area contributed by atoms with Crippen LogP contribution < -0.4 is 0 Å². The molecular formula is C11H22N2O3. The van der Waals surface area contributed by atoms with Gasteiger partial charge in [0.05, 0.1) is 12.1 Å². The third-order valence-corrected chi connectivity index (χ3v) is 3.35. The van der Waals surface area contributed by atoms with Crippen molar-refractivity contribution in [1.29, 1.82) is 0 Å². The Balaban J connectivity index is 0.000000606. The van der Waals surface area contributed by atoms with Crippen molar-refractivity contribution in [2.45, 2.75) is 51.5 Å². The lowest BCUT2D eigenvalue weighted by Crippen LogP contribution is -2.63. The summed E-state index contributed by atoms with van der Waals surface area (Å²) in [6, 6.07) is 0. The second-order valence-corrected chi connectivity index (χ2v) is 4.29. The molecule has 94 valence electrons. The van der Waals surface area contributed by atoms with Gasteiger partial charge in [0.1, 0.15) is 6.54 Å². The summed E-state index contributed by atoms with van der Waals surface area (Å²) in [5.41, 5.74) is -0.388. The average Bonchev–Trinajstić information content (AvgIpc) is 2.31. The molecule has 1 saturated carbocycles. The monoisotopic (exact) mass is 230 g/mol. The van der Waals surface area contributed by atoms with Gasteiger partial charge in [-0.05, 0) is 12.8 Å². The Kier molecular flexibility index (Phi) is 4.70. The number of carbonyl (C=O) groups excluding carboxylic acids is 1. The first-order valence-corrected chi connectivity index (χ1v) is 6.10. The van der Waals surface area contributed by atoms with Gasteiger partial charge in [0.2, 0.25) is 0 Å². The first-order valence-electron chi connectivity index (χ1n) is 6.10. The van der Waals surface area contributed by atoms with E-state index in [0.717, 1.165) is 35.8 Å². The van der Waals surface area contributed by atoms with Crippen molar-refractivity contribution >= 4 is 5.91 Å². The van der Waals surface area contributed by atoms with Gasteiger partial charge >= 0.3 is 0 Å². The zero-order valence-electron chi connectivity index (χ0n) is 10.1. The largest absolute Gasteiger partial charge is 0.313 e. The number of hydroxylamine groups is 4. The van der Waals surface area contributed by atoms with Crippen LogP contribution in [-0.4, -0.2) is 45.1 Å². The standard InChI is InChI=1S/C9H16N2O3.C2H6/c12-8-6-11(14)9(7-10(8)13)4-2-1-3-5-9;1-2/h13-14H,1-7H2;1-2H3. The first kappa shape index (κ1) is 13.4. The molecule has 0 aromatic carbocycles. The minimum absolute atomic E-state index is 0.0868. The SMILES string of the molecule is CC.O=C1CN(O)C2(CCCCC2)CN1O. The minimum Gasteiger partial charge on any atom is -0.313 e. The molecule has 0 bridgehead atoms. The van der Waals surface area contributed by atoms with Gasteiger partial charge in [-0.2, -0.15) is 5.06 Å². The summed E-state index contributed by atoms with van der Waals surface area (Å²) >= 11 is 0. The van der Waals surface area contributed by atoms with E-state index in [4.69, 9.17) is 0 Å². The average molecular weight is 230 g/mol. The Bertz CT molecular complexity index is 239. The second kappa shape index (κ2) is 5.61. The highest BCUT2D eigenvalue weighted by Gasteiger charge is 2.44. The molecule has 0 unspecified atom stereocenters. The molecular weight excluding hydrogens is 208 g/mol. The Morgan fingerprint density at radius 3 is 2.25 bits per heavy atom. The topological polar surface area (TPSA) is 64.0 Å². The molecule has 0 atom stereocenters. The molecule has 1 aliphatic heterocycles. The van der Waals surface area contributed by atoms with Crippen LogP contribution in [0.3, 0.4) is 0 Å². The van der Waals surface area contributed by atoms with Gasteiger partial charge in [-0.25, -0.2) is 5.06 Å². The summed E-state index contributed by atoms with van der Waals surface area (Å²) in [4.78, 5) is 11.1. The molecule has 2 aliphatic rings. The summed E-state index contributed by atoms with van der Waals surface area (Å²) in [7, 11) is 0. The molecule has 16 heavy (non-hydrogen) atoms. The molecule has 0 radical (unpaired) electrons. The zero-order chi connectivity index (χ0) is 12.2. The van der Waals surface area contributed by atoms with Gasteiger partial charge in [-0.1, -0.05) is 33.1 Å². The molecule has 0 aromatic heterocycles. The molecule has 1 amide bonds. The lowest BCUT2D eigenvalue weighted by Gasteiger charge is -2.47. The molecule has 1 aliphatic carbocycles. The molecule has 0 aromatic rings. The van der Waals surface area contributed by atoms with Crippen LogP contribution in [0.4, 0.5) is 0 Å². The second-order valence-electron chi connectivity index (χ2n) is 4.29. The predicted molar refractivity (Wildman–Crippen MR) is 59.2 cm³/mol. The molecule has 5 heteroatoms. The highest BCUT2D eigenvalue weighted by Crippen LogP contribution is 2.35. The number of carbonyl (C=O) groups is 1. The van der Waals surface area contributed by atoms with E-state index in [1.807, 2.05) is 13.8 Å². The van der Waals surface area contributed by atoms with E-state index < -0.39 is 5.91 Å². The summed E-state index contributed by atoms with van der Waals surface area (Å²) in [5.74, 6) is -0.427. The number of piperazine rings is 1. The van der Waals surface area contributed by atoms with E-state index in [1.165, 1.54) is 6.42 Å². The Morgan fingerprint density at radius 1 is 1.12 bits per heavy atom. The molecule has 1 heterocycles. The summed E-state index contributed by atoms with van der Waals surface area (Å²) in [5, 5.41) is 21.0. The Hall–Kier alpha value is -0.650. The number of nitrogens with zero attached hydrogens (tertiary/aromatic N) is 2. The van der Waals surface area contributed by atoms with Crippen LogP contribution in [0, 0.1) is 0 Å². The van der Waals surface area contributed by atoms with E-state index in [2.05, 4.69) is 0 Å². The van der Waals surface area contributed by atoms with Crippen LogP contribution in [0.2, 0.25) is 0 Å². The zero-order valence-corrected chi connectivity index (χ0v) is 10.1. The third kappa shape index (κ3) is 2.53. The van der Waals surface area contributed by atoms with E-state index in [9.17, 15) is 15.2 Å². The van der Waals surface area contributed by atoms with Gasteiger partial charge in [-0.3, -0.25) is 10.0 Å². The van der Waals surface area contributed by atoms with E-state index >= 15 is 0 Å². The fourth-order valence-corrected chi connectivity index (χ4v) is 2.45. The van der Waals surface area contributed by atoms with Crippen LogP contribution in [-0.2, 0) is 4.79 Å². The summed E-state index contributed by atoms with van der Waals surface area (Å²) in [6.07, 6.45) is 4.99. The normalized spacial score (nSPS) is 25.2. The predicted octanol–water partition coefficient (Wildman–Crippen LogP) is 1.64. The highest BCUT2D eigenvalue weighted by molar-refractivity contribution is 5.78. The van der Waals surface area contributed by atoms with Gasteiger partial charge in [-0.15, -0.1) is 0 Å². The molecule has 1 saturated heterocycles. The Morgan fingerprint density at radius 2 is 1.69 bits per heavy atom. The maximum atomic E-state index is 11.1. The highest BCUT2D eigenvalue weighted by atomic mass is 16.5. The summed E-state index contributed by atoms with van der Waals surface area (Å²) < 4.78 is 0. The smallest absolute Gasteiger partial charge is 0.262 e. The van der Waals surface area contributed by atoms with Gasteiger partial charge in [0.25, 0.3) is 5.91 Å². The van der Waals surface area contributed by atoms with Crippen LogP contribution in [0.5, 0.6) is 0 Å². The quantitative estimate of drug-likeness (QED) is 0.621. The van der Waals surface area contributed by atoms with E-state index in [1.54, 1.807) is 0 Å². The molecule has 2 rings (SSSR count). The van der Waals surface area contributed by atoms with Gasteiger partial charge in [0.15, 0.2) is 0 Å².